The van der Waals surface area contributed by atoms with Crippen LogP contribution in [-0.4, -0.2) is 14.4 Å². The highest BCUT2D eigenvalue weighted by atomic mass is 28.4. The first-order chi connectivity index (χ1) is 8.33. The predicted molar refractivity (Wildman–Crippen MR) is 83.5 cm³/mol. The smallest absolute Gasteiger partial charge is 0.192 e. The van der Waals surface area contributed by atoms with E-state index in [0.717, 1.165) is 0 Å². The molecule has 18 heavy (non-hydrogen) atoms. The van der Waals surface area contributed by atoms with E-state index in [1.165, 1.54) is 44.9 Å². The van der Waals surface area contributed by atoms with Crippen molar-refractivity contribution in [3.8, 4) is 0 Å². The van der Waals surface area contributed by atoms with E-state index in [-0.39, 0.29) is 0 Å². The number of hydrogen-bond acceptors (Lipinski definition) is 1. The van der Waals surface area contributed by atoms with Gasteiger partial charge in [0.25, 0.3) is 0 Å². The van der Waals surface area contributed by atoms with Crippen LogP contribution in [0.1, 0.15) is 65.7 Å². The van der Waals surface area contributed by atoms with Gasteiger partial charge in [0, 0.05) is 0 Å². The summed E-state index contributed by atoms with van der Waals surface area (Å²) in [6.07, 6.45) is 14.4. The molecule has 0 heterocycles. The highest BCUT2D eigenvalue weighted by molar-refractivity contribution is 6.74. The molecule has 0 saturated carbocycles. The molecule has 0 aromatic heterocycles. The summed E-state index contributed by atoms with van der Waals surface area (Å²) in [5, 5.41) is 0.316. The van der Waals surface area contributed by atoms with Gasteiger partial charge < -0.3 is 4.43 Å². The summed E-state index contributed by atoms with van der Waals surface area (Å²) < 4.78 is 6.53. The molecule has 0 amide bonds. The maximum Gasteiger partial charge on any atom is 0.192 e. The lowest BCUT2D eigenvalue weighted by molar-refractivity contribution is 0.210. The standard InChI is InChI=1S/C16H32OSi/c1-16(2,3)18(4,5)17-15-13-11-9-7-6-8-10-12-14-15/h11,13,15H,6-10,12,14H2,1-5H3/b13-11-. The van der Waals surface area contributed by atoms with E-state index >= 15 is 0 Å². The van der Waals surface area contributed by atoms with Gasteiger partial charge in [0.05, 0.1) is 6.10 Å². The fourth-order valence-corrected chi connectivity index (χ4v) is 3.44. The SMILES string of the molecule is CC(C)(C)[Si](C)(C)OC1/C=C\CCCCCCC1. The molecule has 0 saturated heterocycles. The highest BCUT2D eigenvalue weighted by Gasteiger charge is 2.38. The average Bonchev–Trinajstić information content (AvgIpc) is 2.25. The summed E-state index contributed by atoms with van der Waals surface area (Å²) in [5.74, 6) is 0. The van der Waals surface area contributed by atoms with Crippen molar-refractivity contribution < 1.29 is 4.43 Å². The molecule has 1 nitrogen and oxygen atoms in total. The van der Waals surface area contributed by atoms with Crippen LogP contribution in [0, 0.1) is 0 Å². The van der Waals surface area contributed by atoms with Gasteiger partial charge in [-0.3, -0.25) is 0 Å². The first-order valence-electron chi connectivity index (χ1n) is 7.67. The summed E-state index contributed by atoms with van der Waals surface area (Å²) in [7, 11) is -1.61. The quantitative estimate of drug-likeness (QED) is 0.462. The van der Waals surface area contributed by atoms with Crippen molar-refractivity contribution in [3.05, 3.63) is 12.2 Å². The van der Waals surface area contributed by atoms with Gasteiger partial charge in [0.2, 0.25) is 0 Å². The molecule has 0 bridgehead atoms. The maximum absolute atomic E-state index is 6.53. The summed E-state index contributed by atoms with van der Waals surface area (Å²) in [6.45, 7) is 11.7. The third kappa shape index (κ3) is 5.27. The zero-order valence-corrected chi connectivity index (χ0v) is 14.1. The van der Waals surface area contributed by atoms with E-state index in [0.29, 0.717) is 11.1 Å². The maximum atomic E-state index is 6.53. The summed E-state index contributed by atoms with van der Waals surface area (Å²) in [6, 6.07) is 0. The molecule has 1 atom stereocenters. The third-order valence-corrected chi connectivity index (χ3v) is 8.97. The van der Waals surface area contributed by atoms with Gasteiger partial charge in [0.15, 0.2) is 8.32 Å². The molecule has 0 aliphatic heterocycles. The van der Waals surface area contributed by atoms with E-state index < -0.39 is 8.32 Å². The topological polar surface area (TPSA) is 9.23 Å². The van der Waals surface area contributed by atoms with E-state index in [4.69, 9.17) is 4.43 Å². The minimum absolute atomic E-state index is 0.316. The van der Waals surface area contributed by atoms with Crippen molar-refractivity contribution in [1.82, 2.24) is 0 Å². The van der Waals surface area contributed by atoms with Crippen molar-refractivity contribution in [1.29, 1.82) is 0 Å². The summed E-state index contributed by atoms with van der Waals surface area (Å²) in [4.78, 5) is 0. The molecule has 0 radical (unpaired) electrons. The van der Waals surface area contributed by atoms with E-state index in [9.17, 15) is 0 Å². The number of hydrogen-bond donors (Lipinski definition) is 0. The Labute approximate surface area is 115 Å². The fourth-order valence-electron chi connectivity index (χ4n) is 2.14. The van der Waals surface area contributed by atoms with Crippen molar-refractivity contribution in [2.24, 2.45) is 0 Å². The lowest BCUT2D eigenvalue weighted by Crippen LogP contribution is -2.43. The average molecular weight is 269 g/mol. The van der Waals surface area contributed by atoms with Crippen LogP contribution in [-0.2, 0) is 4.43 Å². The zero-order chi connectivity index (χ0) is 13.6. The van der Waals surface area contributed by atoms with E-state index in [2.05, 4.69) is 46.0 Å². The van der Waals surface area contributed by atoms with Gasteiger partial charge in [-0.25, -0.2) is 0 Å². The van der Waals surface area contributed by atoms with Gasteiger partial charge in [0.1, 0.15) is 0 Å². The molecule has 0 aromatic carbocycles. The molecule has 1 unspecified atom stereocenters. The van der Waals surface area contributed by atoms with Crippen LogP contribution >= 0.6 is 0 Å². The molecule has 1 aliphatic rings. The number of allylic oxidation sites excluding steroid dienone is 1. The monoisotopic (exact) mass is 268 g/mol. The Morgan fingerprint density at radius 2 is 1.61 bits per heavy atom. The van der Waals surface area contributed by atoms with Gasteiger partial charge >= 0.3 is 0 Å². The largest absolute Gasteiger partial charge is 0.411 e. The van der Waals surface area contributed by atoms with Crippen molar-refractivity contribution in [2.45, 2.75) is 90.0 Å². The molecular formula is C16H32OSi. The Bertz CT molecular complexity index is 263. The Kier molecular flexibility index (Phi) is 6.13. The van der Waals surface area contributed by atoms with Crippen molar-refractivity contribution in [2.75, 3.05) is 0 Å². The molecule has 106 valence electrons. The van der Waals surface area contributed by atoms with Crippen LogP contribution in [0.15, 0.2) is 12.2 Å². The van der Waals surface area contributed by atoms with Crippen LogP contribution in [0.4, 0.5) is 0 Å². The van der Waals surface area contributed by atoms with Gasteiger partial charge in [-0.15, -0.1) is 0 Å². The minimum atomic E-state index is -1.61. The summed E-state index contributed by atoms with van der Waals surface area (Å²) in [5.41, 5.74) is 0. The van der Waals surface area contributed by atoms with E-state index in [1.54, 1.807) is 0 Å². The second-order valence-corrected chi connectivity index (χ2v) is 11.9. The minimum Gasteiger partial charge on any atom is -0.411 e. The van der Waals surface area contributed by atoms with Gasteiger partial charge in [-0.1, -0.05) is 58.6 Å². The van der Waals surface area contributed by atoms with Crippen molar-refractivity contribution >= 4 is 8.32 Å². The molecule has 0 aromatic rings. The Morgan fingerprint density at radius 3 is 2.28 bits per heavy atom. The lowest BCUT2D eigenvalue weighted by atomic mass is 10.0. The Balaban J connectivity index is 2.61. The second-order valence-electron chi connectivity index (χ2n) is 7.19. The zero-order valence-electron chi connectivity index (χ0n) is 13.1. The normalized spacial score (nSPS) is 25.7. The highest BCUT2D eigenvalue weighted by Crippen LogP contribution is 2.38. The van der Waals surface area contributed by atoms with Crippen LogP contribution in [0.2, 0.25) is 18.1 Å². The Hall–Kier alpha value is -0.0831. The molecule has 0 fully saturated rings. The first-order valence-corrected chi connectivity index (χ1v) is 10.6. The number of rotatable bonds is 2. The summed E-state index contributed by atoms with van der Waals surface area (Å²) >= 11 is 0. The molecule has 2 heteroatoms. The predicted octanol–water partition coefficient (Wildman–Crippen LogP) is 5.68. The Morgan fingerprint density at radius 1 is 1.00 bits per heavy atom. The molecular weight excluding hydrogens is 236 g/mol. The van der Waals surface area contributed by atoms with Crippen LogP contribution in [0.3, 0.4) is 0 Å². The second kappa shape index (κ2) is 6.90. The third-order valence-electron chi connectivity index (χ3n) is 4.46. The van der Waals surface area contributed by atoms with E-state index in [1.807, 2.05) is 0 Å². The van der Waals surface area contributed by atoms with Gasteiger partial charge in [-0.2, -0.15) is 0 Å². The van der Waals surface area contributed by atoms with Crippen LogP contribution in [0.25, 0.3) is 0 Å². The van der Waals surface area contributed by atoms with Gasteiger partial charge in [-0.05, 0) is 37.4 Å². The first kappa shape index (κ1) is 16.0. The van der Waals surface area contributed by atoms with Crippen LogP contribution < -0.4 is 0 Å². The van der Waals surface area contributed by atoms with Crippen LogP contribution in [0.5, 0.6) is 0 Å². The lowest BCUT2D eigenvalue weighted by Gasteiger charge is -2.38. The van der Waals surface area contributed by atoms with Crippen molar-refractivity contribution in [3.63, 3.8) is 0 Å². The molecule has 1 rings (SSSR count). The molecule has 1 aliphatic carbocycles. The molecule has 0 N–H and O–H groups in total. The molecule has 0 spiro atoms. The fraction of sp³-hybridized carbons (Fsp3) is 0.875.